The van der Waals surface area contributed by atoms with E-state index in [0.29, 0.717) is 36.2 Å². The maximum atomic E-state index is 12.9. The average Bonchev–Trinajstić information content (AvgIpc) is 2.79. The zero-order chi connectivity index (χ0) is 23.1. The van der Waals surface area contributed by atoms with Crippen LogP contribution >= 0.6 is 0 Å². The van der Waals surface area contributed by atoms with Crippen molar-refractivity contribution in [3.63, 3.8) is 0 Å². The fourth-order valence-corrected chi connectivity index (χ4v) is 5.14. The predicted octanol–water partition coefficient (Wildman–Crippen LogP) is 6.18. The summed E-state index contributed by atoms with van der Waals surface area (Å²) >= 11 is 0. The molecule has 0 aliphatic heterocycles. The van der Waals surface area contributed by atoms with Gasteiger partial charge in [0.05, 0.1) is 0 Å². The summed E-state index contributed by atoms with van der Waals surface area (Å²) in [6.45, 7) is 10.5. The van der Waals surface area contributed by atoms with E-state index in [2.05, 4.69) is 91.4 Å². The van der Waals surface area contributed by atoms with E-state index < -0.39 is 0 Å². The molecule has 2 aromatic rings. The van der Waals surface area contributed by atoms with Gasteiger partial charge in [-0.2, -0.15) is 0 Å². The maximum Gasteiger partial charge on any atom is 0.135 e. The second-order valence-corrected chi connectivity index (χ2v) is 10.3. The Morgan fingerprint density at radius 3 is 1.88 bits per heavy atom. The summed E-state index contributed by atoms with van der Waals surface area (Å²) in [4.78, 5) is 18.0. The van der Waals surface area contributed by atoms with Crippen LogP contribution in [-0.4, -0.2) is 40.8 Å². The van der Waals surface area contributed by atoms with Crippen molar-refractivity contribution in [3.8, 4) is 0 Å². The number of hydrogen-bond donors (Lipinski definition) is 0. The van der Waals surface area contributed by atoms with Crippen LogP contribution in [0.5, 0.6) is 0 Å². The zero-order valence-corrected chi connectivity index (χ0v) is 20.7. The highest BCUT2D eigenvalue weighted by Gasteiger charge is 2.37. The number of nitrogens with zero attached hydrogens (tertiary/aromatic N) is 2. The first kappa shape index (κ1) is 24.7. The summed E-state index contributed by atoms with van der Waals surface area (Å²) in [6.07, 6.45) is 4.16. The number of hydrogen-bond acceptors (Lipinski definition) is 3. The second kappa shape index (κ2) is 11.8. The summed E-state index contributed by atoms with van der Waals surface area (Å²) in [6, 6.07) is 23.1. The van der Waals surface area contributed by atoms with E-state index >= 15 is 0 Å². The quantitative estimate of drug-likeness (QED) is 0.446. The fraction of sp³-hybridized carbons (Fsp3) is 0.552. The minimum absolute atomic E-state index is 0.107. The molecule has 0 aromatic heterocycles. The Bertz CT molecular complexity index is 776. The molecule has 1 aliphatic carbocycles. The number of carbonyl (C=O) groups excluding carboxylic acids is 1. The molecule has 0 spiro atoms. The minimum Gasteiger partial charge on any atom is -0.301 e. The van der Waals surface area contributed by atoms with Crippen LogP contribution in [0, 0.1) is 11.8 Å². The number of Topliss-reactive ketones (excluding diaryl/α,β-unsaturated/α-hetero) is 1. The molecule has 2 aromatic carbocycles. The van der Waals surface area contributed by atoms with Crippen molar-refractivity contribution >= 4 is 5.78 Å². The first-order chi connectivity index (χ1) is 15.3. The maximum absolute atomic E-state index is 12.9. The number of rotatable bonds is 10. The SMILES string of the molecule is CC(C)C(=O)C[C@@H]1C[C@H](N(C)C(C)C)CC[C@@H]1N(Cc1ccccc1)Cc1ccccc1. The van der Waals surface area contributed by atoms with Crippen molar-refractivity contribution in [2.24, 2.45) is 11.8 Å². The molecule has 1 fully saturated rings. The Morgan fingerprint density at radius 2 is 1.41 bits per heavy atom. The normalized spacial score (nSPS) is 21.6. The van der Waals surface area contributed by atoms with Crippen molar-refractivity contribution in [2.45, 2.75) is 84.6 Å². The van der Waals surface area contributed by atoms with Crippen LogP contribution in [0.25, 0.3) is 0 Å². The molecular formula is C29H42N2O. The molecule has 3 atom stereocenters. The van der Waals surface area contributed by atoms with Crippen molar-refractivity contribution in [1.29, 1.82) is 0 Å². The first-order valence-electron chi connectivity index (χ1n) is 12.4. The second-order valence-electron chi connectivity index (χ2n) is 10.3. The third-order valence-corrected chi connectivity index (χ3v) is 7.34. The van der Waals surface area contributed by atoms with Gasteiger partial charge in [-0.3, -0.25) is 9.69 Å². The van der Waals surface area contributed by atoms with E-state index in [4.69, 9.17) is 0 Å². The minimum atomic E-state index is 0.107. The standard InChI is InChI=1S/C29H42N2O/c1-22(2)29(32)19-26-18-27(30(5)23(3)4)16-17-28(26)31(20-24-12-8-6-9-13-24)21-25-14-10-7-11-15-25/h6-15,22-23,26-28H,16-21H2,1-5H3/t26-,27+,28-/m0/s1. The summed E-state index contributed by atoms with van der Waals surface area (Å²) in [5.74, 6) is 0.917. The van der Waals surface area contributed by atoms with Gasteiger partial charge in [0.2, 0.25) is 0 Å². The van der Waals surface area contributed by atoms with Crippen molar-refractivity contribution in [1.82, 2.24) is 9.80 Å². The molecule has 0 bridgehead atoms. The Hall–Kier alpha value is -1.97. The lowest BCUT2D eigenvalue weighted by Gasteiger charge is -2.46. The van der Waals surface area contributed by atoms with Crippen LogP contribution in [-0.2, 0) is 17.9 Å². The lowest BCUT2D eigenvalue weighted by atomic mass is 9.76. The molecule has 3 rings (SSSR count). The van der Waals surface area contributed by atoms with Gasteiger partial charge in [-0.15, -0.1) is 0 Å². The summed E-state index contributed by atoms with van der Waals surface area (Å²) in [7, 11) is 2.25. The van der Waals surface area contributed by atoms with Gasteiger partial charge in [-0.05, 0) is 57.2 Å². The predicted molar refractivity (Wildman–Crippen MR) is 134 cm³/mol. The smallest absolute Gasteiger partial charge is 0.135 e. The third-order valence-electron chi connectivity index (χ3n) is 7.34. The van der Waals surface area contributed by atoms with E-state index in [1.807, 2.05) is 13.8 Å². The molecule has 0 amide bonds. The van der Waals surface area contributed by atoms with Crippen LogP contribution in [0.3, 0.4) is 0 Å². The molecule has 1 saturated carbocycles. The van der Waals surface area contributed by atoms with Gasteiger partial charge in [-0.25, -0.2) is 0 Å². The molecule has 174 valence electrons. The van der Waals surface area contributed by atoms with E-state index in [1.165, 1.54) is 17.5 Å². The third kappa shape index (κ3) is 6.76. The summed E-state index contributed by atoms with van der Waals surface area (Å²) in [5, 5.41) is 0. The fourth-order valence-electron chi connectivity index (χ4n) is 5.14. The molecule has 0 heterocycles. The molecule has 3 heteroatoms. The van der Waals surface area contributed by atoms with E-state index in [-0.39, 0.29) is 5.92 Å². The van der Waals surface area contributed by atoms with E-state index in [0.717, 1.165) is 25.9 Å². The molecule has 0 saturated heterocycles. The Balaban J connectivity index is 1.87. The molecule has 32 heavy (non-hydrogen) atoms. The average molecular weight is 435 g/mol. The van der Waals surface area contributed by atoms with Gasteiger partial charge < -0.3 is 4.90 Å². The van der Waals surface area contributed by atoms with E-state index in [1.54, 1.807) is 0 Å². The number of ketones is 1. The van der Waals surface area contributed by atoms with Gasteiger partial charge in [0.15, 0.2) is 0 Å². The highest BCUT2D eigenvalue weighted by Crippen LogP contribution is 2.36. The van der Waals surface area contributed by atoms with Crippen molar-refractivity contribution in [3.05, 3.63) is 71.8 Å². The zero-order valence-electron chi connectivity index (χ0n) is 20.7. The van der Waals surface area contributed by atoms with Gasteiger partial charge in [0.1, 0.15) is 5.78 Å². The molecule has 0 N–H and O–H groups in total. The van der Waals surface area contributed by atoms with Gasteiger partial charge in [0.25, 0.3) is 0 Å². The number of carbonyl (C=O) groups is 1. The lowest BCUT2D eigenvalue weighted by molar-refractivity contribution is -0.124. The Kier molecular flexibility index (Phi) is 9.07. The number of benzene rings is 2. The van der Waals surface area contributed by atoms with Crippen LogP contribution in [0.2, 0.25) is 0 Å². The Labute approximate surface area is 195 Å². The van der Waals surface area contributed by atoms with Gasteiger partial charge in [-0.1, -0.05) is 74.5 Å². The molecule has 3 nitrogen and oxygen atoms in total. The largest absolute Gasteiger partial charge is 0.301 e. The highest BCUT2D eigenvalue weighted by atomic mass is 16.1. The molecule has 0 radical (unpaired) electrons. The first-order valence-corrected chi connectivity index (χ1v) is 12.4. The van der Waals surface area contributed by atoms with Crippen LogP contribution in [0.15, 0.2) is 60.7 Å². The van der Waals surface area contributed by atoms with Gasteiger partial charge in [0, 0.05) is 43.6 Å². The van der Waals surface area contributed by atoms with Crippen molar-refractivity contribution in [2.75, 3.05) is 7.05 Å². The van der Waals surface area contributed by atoms with E-state index in [9.17, 15) is 4.79 Å². The Morgan fingerprint density at radius 1 is 0.875 bits per heavy atom. The lowest BCUT2D eigenvalue weighted by Crippen LogP contribution is -2.49. The van der Waals surface area contributed by atoms with Crippen molar-refractivity contribution < 1.29 is 4.79 Å². The molecule has 0 unspecified atom stereocenters. The topological polar surface area (TPSA) is 23.6 Å². The molecule has 1 aliphatic rings. The molecular weight excluding hydrogens is 392 g/mol. The van der Waals surface area contributed by atoms with Crippen LogP contribution < -0.4 is 0 Å². The van der Waals surface area contributed by atoms with Gasteiger partial charge >= 0.3 is 0 Å². The van der Waals surface area contributed by atoms with Crippen LogP contribution in [0.4, 0.5) is 0 Å². The highest BCUT2D eigenvalue weighted by molar-refractivity contribution is 5.80. The van der Waals surface area contributed by atoms with Crippen LogP contribution in [0.1, 0.15) is 64.5 Å². The summed E-state index contributed by atoms with van der Waals surface area (Å²) < 4.78 is 0. The summed E-state index contributed by atoms with van der Waals surface area (Å²) in [5.41, 5.74) is 2.69. The monoisotopic (exact) mass is 434 g/mol.